The molecule has 7 heteroatoms. The largest absolute Gasteiger partial charge is 0.379 e. The third-order valence-corrected chi connectivity index (χ3v) is 4.03. The molecule has 6 nitrogen and oxygen atoms in total. The van der Waals surface area contributed by atoms with E-state index in [-0.39, 0.29) is 11.9 Å². The smallest absolute Gasteiger partial charge is 0.223 e. The molecule has 0 aliphatic heterocycles. The van der Waals surface area contributed by atoms with Gasteiger partial charge in [0.25, 0.3) is 0 Å². The molecule has 0 fully saturated rings. The van der Waals surface area contributed by atoms with E-state index in [9.17, 15) is 4.39 Å². The highest BCUT2D eigenvalue weighted by molar-refractivity contribution is 5.78. The second kappa shape index (κ2) is 8.73. The summed E-state index contributed by atoms with van der Waals surface area (Å²) in [4.78, 5) is 13.5. The van der Waals surface area contributed by atoms with Crippen LogP contribution in [-0.2, 0) is 11.8 Å². The molecule has 0 saturated carbocycles. The normalized spacial score (nSPS) is 11.1. The lowest BCUT2D eigenvalue weighted by Crippen LogP contribution is -2.11. The predicted octanol–water partition coefficient (Wildman–Crippen LogP) is 3.91. The van der Waals surface area contributed by atoms with Crippen molar-refractivity contribution in [2.24, 2.45) is 7.05 Å². The van der Waals surface area contributed by atoms with Gasteiger partial charge in [0, 0.05) is 44.4 Å². The molecule has 0 radical (unpaired) electrons. The summed E-state index contributed by atoms with van der Waals surface area (Å²) in [6.07, 6.45) is 6.42. The maximum Gasteiger partial charge on any atom is 0.223 e. The Morgan fingerprint density at radius 3 is 2.63 bits per heavy atom. The molecule has 0 aliphatic carbocycles. The number of imidazole rings is 1. The minimum absolute atomic E-state index is 0.228. The first-order valence-corrected chi connectivity index (χ1v) is 9.00. The topological polar surface area (TPSA) is 64.9 Å². The van der Waals surface area contributed by atoms with Crippen molar-refractivity contribution in [3.8, 4) is 22.6 Å². The van der Waals surface area contributed by atoms with Crippen LogP contribution in [-0.4, -0.2) is 38.8 Å². The number of rotatable bonds is 8. The number of anilines is 1. The summed E-state index contributed by atoms with van der Waals surface area (Å²) in [5.41, 5.74) is 2.34. The fourth-order valence-electron chi connectivity index (χ4n) is 2.66. The van der Waals surface area contributed by atoms with Gasteiger partial charge >= 0.3 is 0 Å². The van der Waals surface area contributed by atoms with Crippen LogP contribution in [0.15, 0.2) is 42.9 Å². The summed E-state index contributed by atoms with van der Waals surface area (Å²) in [6.45, 7) is 5.43. The van der Waals surface area contributed by atoms with Crippen molar-refractivity contribution < 1.29 is 9.13 Å². The lowest BCUT2D eigenvalue weighted by Gasteiger charge is -2.12. The average Bonchev–Trinajstić information content (AvgIpc) is 3.08. The van der Waals surface area contributed by atoms with E-state index >= 15 is 0 Å². The summed E-state index contributed by atoms with van der Waals surface area (Å²) in [5.74, 6) is 0.978. The second-order valence-corrected chi connectivity index (χ2v) is 6.52. The predicted molar refractivity (Wildman–Crippen MR) is 104 cm³/mol. The van der Waals surface area contributed by atoms with Gasteiger partial charge in [0.15, 0.2) is 5.82 Å². The molecule has 27 heavy (non-hydrogen) atoms. The zero-order valence-corrected chi connectivity index (χ0v) is 15.8. The van der Waals surface area contributed by atoms with Gasteiger partial charge in [-0.25, -0.2) is 19.3 Å². The summed E-state index contributed by atoms with van der Waals surface area (Å²) >= 11 is 0. The number of benzene rings is 1. The molecule has 3 rings (SSSR count). The maximum atomic E-state index is 13.3. The molecule has 1 N–H and O–H groups in total. The van der Waals surface area contributed by atoms with Crippen LogP contribution < -0.4 is 5.32 Å². The van der Waals surface area contributed by atoms with Gasteiger partial charge in [-0.15, -0.1) is 0 Å². The second-order valence-electron chi connectivity index (χ2n) is 6.52. The van der Waals surface area contributed by atoms with Gasteiger partial charge in [-0.1, -0.05) is 12.1 Å². The summed E-state index contributed by atoms with van der Waals surface area (Å²) in [6, 6.07) is 6.30. The van der Waals surface area contributed by atoms with Crippen LogP contribution in [0.4, 0.5) is 10.3 Å². The van der Waals surface area contributed by atoms with Crippen LogP contribution in [0.1, 0.15) is 20.3 Å². The summed E-state index contributed by atoms with van der Waals surface area (Å²) < 4.78 is 20.7. The van der Waals surface area contributed by atoms with E-state index in [0.29, 0.717) is 24.8 Å². The van der Waals surface area contributed by atoms with Gasteiger partial charge in [0.05, 0.1) is 6.10 Å². The zero-order valence-electron chi connectivity index (χ0n) is 15.8. The number of nitrogens with zero attached hydrogens (tertiary/aromatic N) is 4. The summed E-state index contributed by atoms with van der Waals surface area (Å²) in [7, 11) is 1.91. The van der Waals surface area contributed by atoms with Gasteiger partial charge in [-0.05, 0) is 38.0 Å². The standard InChI is InChI=1S/C20H24FN5O/c1-14(2)27-12-4-9-23-20-24-13-17(15-5-7-16(21)8-6-15)18(25-20)19-22-10-11-26(19)3/h5-8,10-11,13-14H,4,9,12H2,1-3H3,(H,23,24,25). The SMILES string of the molecule is CC(C)OCCCNc1ncc(-c2ccc(F)cc2)c(-c2nccn2C)n1. The van der Waals surface area contributed by atoms with Crippen molar-refractivity contribution in [2.45, 2.75) is 26.4 Å². The fraction of sp³-hybridized carbons (Fsp3) is 0.350. The average molecular weight is 369 g/mol. The van der Waals surface area contributed by atoms with Gasteiger partial charge in [0.1, 0.15) is 11.5 Å². The first-order valence-electron chi connectivity index (χ1n) is 9.00. The number of nitrogens with one attached hydrogen (secondary N) is 1. The number of halogens is 1. The Hall–Kier alpha value is -2.80. The van der Waals surface area contributed by atoms with Crippen LogP contribution in [0.5, 0.6) is 0 Å². The first kappa shape index (κ1) is 19.0. The zero-order chi connectivity index (χ0) is 19.2. The van der Waals surface area contributed by atoms with E-state index in [1.54, 1.807) is 24.5 Å². The molecular formula is C20H24FN5O. The van der Waals surface area contributed by atoms with E-state index in [0.717, 1.165) is 23.4 Å². The molecule has 0 saturated heterocycles. The number of ether oxygens (including phenoxy) is 1. The lowest BCUT2D eigenvalue weighted by atomic mass is 10.1. The Labute approximate surface area is 158 Å². The molecule has 0 unspecified atom stereocenters. The van der Waals surface area contributed by atoms with Crippen LogP contribution in [0.3, 0.4) is 0 Å². The summed E-state index contributed by atoms with van der Waals surface area (Å²) in [5, 5.41) is 3.23. The Morgan fingerprint density at radius 1 is 1.19 bits per heavy atom. The lowest BCUT2D eigenvalue weighted by molar-refractivity contribution is 0.0787. The molecule has 0 amide bonds. The van der Waals surface area contributed by atoms with Crippen molar-refractivity contribution in [3.05, 3.63) is 48.7 Å². The van der Waals surface area contributed by atoms with E-state index in [2.05, 4.69) is 20.3 Å². The minimum atomic E-state index is -0.278. The number of aryl methyl sites for hydroxylation is 1. The number of aromatic nitrogens is 4. The van der Waals surface area contributed by atoms with Crippen LogP contribution >= 0.6 is 0 Å². The molecule has 1 aromatic carbocycles. The number of hydrogen-bond acceptors (Lipinski definition) is 5. The third-order valence-electron chi connectivity index (χ3n) is 4.03. The minimum Gasteiger partial charge on any atom is -0.379 e. The van der Waals surface area contributed by atoms with Crippen LogP contribution in [0.2, 0.25) is 0 Å². The van der Waals surface area contributed by atoms with E-state index in [1.165, 1.54) is 12.1 Å². The van der Waals surface area contributed by atoms with Crippen molar-refractivity contribution in [1.29, 1.82) is 0 Å². The highest BCUT2D eigenvalue weighted by Gasteiger charge is 2.15. The van der Waals surface area contributed by atoms with Crippen molar-refractivity contribution in [2.75, 3.05) is 18.5 Å². The van der Waals surface area contributed by atoms with E-state index in [1.807, 2.05) is 31.7 Å². The monoisotopic (exact) mass is 369 g/mol. The molecule has 3 aromatic rings. The van der Waals surface area contributed by atoms with E-state index in [4.69, 9.17) is 4.74 Å². The van der Waals surface area contributed by atoms with Gasteiger partial charge in [-0.2, -0.15) is 0 Å². The molecule has 0 aliphatic rings. The highest BCUT2D eigenvalue weighted by Crippen LogP contribution is 2.29. The first-order chi connectivity index (χ1) is 13.0. The van der Waals surface area contributed by atoms with Crippen LogP contribution in [0.25, 0.3) is 22.6 Å². The molecular weight excluding hydrogens is 345 g/mol. The third kappa shape index (κ3) is 4.89. The quantitative estimate of drug-likeness (QED) is 0.610. The molecule has 0 atom stereocenters. The maximum absolute atomic E-state index is 13.3. The molecule has 0 bridgehead atoms. The Balaban J connectivity index is 1.84. The van der Waals surface area contributed by atoms with Crippen molar-refractivity contribution in [1.82, 2.24) is 19.5 Å². The van der Waals surface area contributed by atoms with Gasteiger partial charge < -0.3 is 14.6 Å². The Morgan fingerprint density at radius 2 is 1.96 bits per heavy atom. The Kier molecular flexibility index (Phi) is 6.13. The molecule has 2 heterocycles. The molecule has 0 spiro atoms. The fourth-order valence-corrected chi connectivity index (χ4v) is 2.66. The van der Waals surface area contributed by atoms with Gasteiger partial charge in [0.2, 0.25) is 5.95 Å². The Bertz CT molecular complexity index is 876. The van der Waals surface area contributed by atoms with Crippen molar-refractivity contribution in [3.63, 3.8) is 0 Å². The van der Waals surface area contributed by atoms with Crippen LogP contribution in [0, 0.1) is 5.82 Å². The molecule has 2 aromatic heterocycles. The number of hydrogen-bond donors (Lipinski definition) is 1. The molecule has 142 valence electrons. The van der Waals surface area contributed by atoms with E-state index < -0.39 is 0 Å². The van der Waals surface area contributed by atoms with Gasteiger partial charge in [-0.3, -0.25) is 0 Å². The highest BCUT2D eigenvalue weighted by atomic mass is 19.1. The van der Waals surface area contributed by atoms with Crippen molar-refractivity contribution >= 4 is 5.95 Å².